The van der Waals surface area contributed by atoms with Gasteiger partial charge < -0.3 is 4.90 Å². The van der Waals surface area contributed by atoms with E-state index in [2.05, 4.69) is 41.5 Å². The lowest BCUT2D eigenvalue weighted by atomic mass is 9.88. The van der Waals surface area contributed by atoms with Crippen molar-refractivity contribution in [3.05, 3.63) is 108 Å². The highest BCUT2D eigenvalue weighted by Crippen LogP contribution is 2.37. The van der Waals surface area contributed by atoms with Gasteiger partial charge in [-0.05, 0) is 52.8 Å². The first kappa shape index (κ1) is 22.6. The smallest absolute Gasteiger partial charge is 0.234 e. The van der Waals surface area contributed by atoms with Crippen LogP contribution >= 0.6 is 11.8 Å². The number of ketones is 2. The van der Waals surface area contributed by atoms with Crippen LogP contribution in [-0.2, 0) is 0 Å². The van der Waals surface area contributed by atoms with Crippen LogP contribution in [0.2, 0.25) is 0 Å². The van der Waals surface area contributed by atoms with E-state index in [0.29, 0.717) is 11.1 Å². The molecule has 33 heavy (non-hydrogen) atoms. The van der Waals surface area contributed by atoms with Crippen molar-refractivity contribution in [2.24, 2.45) is 0 Å². The van der Waals surface area contributed by atoms with Crippen molar-refractivity contribution in [3.63, 3.8) is 0 Å². The molecule has 0 aliphatic rings. The van der Waals surface area contributed by atoms with Gasteiger partial charge in [0.15, 0.2) is 0 Å². The van der Waals surface area contributed by atoms with E-state index in [-0.39, 0.29) is 0 Å². The Labute approximate surface area is 199 Å². The Morgan fingerprint density at radius 3 is 2.00 bits per heavy atom. The maximum absolute atomic E-state index is 13.3. The number of carbonyl (C=O) groups excluding carboxylic acids is 2. The first-order chi connectivity index (χ1) is 16.0. The van der Waals surface area contributed by atoms with Crippen LogP contribution in [0.25, 0.3) is 22.3 Å². The van der Waals surface area contributed by atoms with Crippen molar-refractivity contribution in [1.82, 2.24) is 0 Å². The van der Waals surface area contributed by atoms with Gasteiger partial charge in [0.05, 0.1) is 0 Å². The summed E-state index contributed by atoms with van der Waals surface area (Å²) in [5.41, 5.74) is 5.61. The molecule has 4 rings (SSSR count). The van der Waals surface area contributed by atoms with Crippen LogP contribution in [-0.4, -0.2) is 31.9 Å². The van der Waals surface area contributed by atoms with Gasteiger partial charge in [0.1, 0.15) is 0 Å². The predicted octanol–water partition coefficient (Wildman–Crippen LogP) is 6.87. The number of Topliss-reactive ketones (excluding diaryl/α,β-unsaturated/α-hetero) is 2. The van der Waals surface area contributed by atoms with E-state index in [4.69, 9.17) is 0 Å². The molecule has 0 heterocycles. The topological polar surface area (TPSA) is 37.4 Å². The zero-order valence-electron chi connectivity index (χ0n) is 18.9. The molecule has 0 unspecified atom stereocenters. The second kappa shape index (κ2) is 9.88. The number of rotatable bonds is 7. The fraction of sp³-hybridized carbons (Fsp3) is 0.103. The van der Waals surface area contributed by atoms with Crippen LogP contribution in [0, 0.1) is 0 Å². The van der Waals surface area contributed by atoms with Crippen molar-refractivity contribution in [2.45, 2.75) is 4.90 Å². The van der Waals surface area contributed by atoms with E-state index in [1.165, 1.54) is 4.90 Å². The number of benzene rings is 4. The summed E-state index contributed by atoms with van der Waals surface area (Å²) in [6, 6.07) is 30.7. The van der Waals surface area contributed by atoms with Gasteiger partial charge in [-0.1, -0.05) is 72.8 Å². The van der Waals surface area contributed by atoms with E-state index >= 15 is 0 Å². The lowest BCUT2D eigenvalue weighted by molar-refractivity contribution is 0.0817. The van der Waals surface area contributed by atoms with Crippen LogP contribution in [0.4, 0.5) is 5.69 Å². The van der Waals surface area contributed by atoms with Crippen molar-refractivity contribution >= 4 is 29.0 Å². The molecule has 0 bridgehead atoms. The summed E-state index contributed by atoms with van der Waals surface area (Å²) in [7, 11) is 4.01. The van der Waals surface area contributed by atoms with Gasteiger partial charge in [0, 0.05) is 35.8 Å². The Balaban J connectivity index is 1.86. The Morgan fingerprint density at radius 1 is 0.667 bits per heavy atom. The summed E-state index contributed by atoms with van der Waals surface area (Å²) in [5.74, 6) is -1.00. The lowest BCUT2D eigenvalue weighted by Crippen LogP contribution is -2.15. The fourth-order valence-electron chi connectivity index (χ4n) is 3.81. The summed E-state index contributed by atoms with van der Waals surface area (Å²) in [4.78, 5) is 29.5. The Hall–Kier alpha value is -3.63. The molecule has 0 N–H and O–H groups in total. The number of hydrogen-bond donors (Lipinski definition) is 0. The highest BCUT2D eigenvalue weighted by molar-refractivity contribution is 7.98. The van der Waals surface area contributed by atoms with Gasteiger partial charge in [-0.3, -0.25) is 9.59 Å². The quantitative estimate of drug-likeness (QED) is 0.174. The minimum Gasteiger partial charge on any atom is -0.378 e. The summed E-state index contributed by atoms with van der Waals surface area (Å²) in [6.45, 7) is 0. The average molecular weight is 452 g/mol. The monoisotopic (exact) mass is 451 g/mol. The van der Waals surface area contributed by atoms with Crippen LogP contribution in [0.15, 0.2) is 102 Å². The minimum absolute atomic E-state index is 0.396. The van der Waals surface area contributed by atoms with Gasteiger partial charge in [-0.2, -0.15) is 0 Å². The Morgan fingerprint density at radius 2 is 1.33 bits per heavy atom. The van der Waals surface area contributed by atoms with E-state index in [1.54, 1.807) is 48.2 Å². The van der Waals surface area contributed by atoms with Crippen molar-refractivity contribution in [2.75, 3.05) is 25.3 Å². The third kappa shape index (κ3) is 4.76. The summed E-state index contributed by atoms with van der Waals surface area (Å²) in [5, 5.41) is 0. The van der Waals surface area contributed by atoms with Gasteiger partial charge >= 0.3 is 0 Å². The van der Waals surface area contributed by atoms with Crippen LogP contribution in [0.5, 0.6) is 0 Å². The van der Waals surface area contributed by atoms with Crippen molar-refractivity contribution < 1.29 is 9.59 Å². The Kier molecular flexibility index (Phi) is 6.76. The molecule has 0 fully saturated rings. The van der Waals surface area contributed by atoms with E-state index in [1.807, 2.05) is 44.4 Å². The number of thioether (sulfide) groups is 1. The molecule has 0 radical (unpaired) electrons. The fourth-order valence-corrected chi connectivity index (χ4v) is 4.22. The predicted molar refractivity (Wildman–Crippen MR) is 139 cm³/mol. The number of carbonyl (C=O) groups is 2. The normalized spacial score (nSPS) is 10.6. The molecular formula is C29H25NO2S. The standard InChI is InChI=1S/C29H25NO2S/c1-30(2)22-15-18-25(27(19-22)20-13-16-23(33-3)17-14-20)24-11-7-8-12-26(24)29(32)28(31)21-9-5-4-6-10-21/h4-19H,1-3H3. The third-order valence-corrected chi connectivity index (χ3v) is 6.37. The van der Waals surface area contributed by atoms with E-state index in [0.717, 1.165) is 27.9 Å². The molecule has 0 aromatic heterocycles. The highest BCUT2D eigenvalue weighted by atomic mass is 32.2. The first-order valence-electron chi connectivity index (χ1n) is 10.7. The van der Waals surface area contributed by atoms with Gasteiger partial charge in [-0.25, -0.2) is 0 Å². The van der Waals surface area contributed by atoms with Crippen molar-refractivity contribution in [3.8, 4) is 22.3 Å². The molecule has 0 spiro atoms. The SMILES string of the molecule is CSc1ccc(-c2cc(N(C)C)ccc2-c2ccccc2C(=O)C(=O)c2ccccc2)cc1. The second-order valence-corrected chi connectivity index (χ2v) is 8.80. The summed E-state index contributed by atoms with van der Waals surface area (Å²) in [6.07, 6.45) is 2.05. The van der Waals surface area contributed by atoms with Crippen LogP contribution < -0.4 is 4.90 Å². The van der Waals surface area contributed by atoms with E-state index < -0.39 is 11.6 Å². The molecule has 0 amide bonds. The Bertz CT molecular complexity index is 1300. The summed E-state index contributed by atoms with van der Waals surface area (Å²) >= 11 is 1.70. The van der Waals surface area contributed by atoms with Crippen molar-refractivity contribution in [1.29, 1.82) is 0 Å². The molecule has 3 nitrogen and oxygen atoms in total. The summed E-state index contributed by atoms with van der Waals surface area (Å²) < 4.78 is 0. The molecule has 4 aromatic carbocycles. The average Bonchev–Trinajstić information content (AvgIpc) is 2.88. The lowest BCUT2D eigenvalue weighted by Gasteiger charge is -2.19. The first-order valence-corrected chi connectivity index (χ1v) is 11.9. The maximum atomic E-state index is 13.3. The number of nitrogens with zero attached hydrogens (tertiary/aromatic N) is 1. The van der Waals surface area contributed by atoms with Crippen LogP contribution in [0.1, 0.15) is 20.7 Å². The molecule has 4 aromatic rings. The maximum Gasteiger partial charge on any atom is 0.234 e. The molecule has 164 valence electrons. The third-order valence-electron chi connectivity index (χ3n) is 5.62. The molecule has 0 saturated carbocycles. The molecule has 4 heteroatoms. The van der Waals surface area contributed by atoms with Gasteiger partial charge in [-0.15, -0.1) is 11.8 Å². The van der Waals surface area contributed by atoms with Crippen LogP contribution in [0.3, 0.4) is 0 Å². The molecule has 0 saturated heterocycles. The highest BCUT2D eigenvalue weighted by Gasteiger charge is 2.22. The number of anilines is 1. The molecular weight excluding hydrogens is 426 g/mol. The molecule has 0 aliphatic carbocycles. The van der Waals surface area contributed by atoms with Gasteiger partial charge in [0.25, 0.3) is 0 Å². The number of hydrogen-bond acceptors (Lipinski definition) is 4. The van der Waals surface area contributed by atoms with Gasteiger partial charge in [0.2, 0.25) is 11.6 Å². The minimum atomic E-state index is -0.503. The zero-order valence-corrected chi connectivity index (χ0v) is 19.7. The molecule has 0 atom stereocenters. The zero-order chi connectivity index (χ0) is 23.4. The largest absolute Gasteiger partial charge is 0.378 e. The molecule has 0 aliphatic heterocycles. The van der Waals surface area contributed by atoms with E-state index in [9.17, 15) is 9.59 Å². The second-order valence-electron chi connectivity index (χ2n) is 7.92.